The Morgan fingerprint density at radius 2 is 2.00 bits per heavy atom. The van der Waals surface area contributed by atoms with E-state index in [9.17, 15) is 4.79 Å². The lowest BCUT2D eigenvalue weighted by Crippen LogP contribution is -2.35. The minimum Gasteiger partial charge on any atom is -0.489 e. The number of nitrogens with zero attached hydrogens (tertiary/aromatic N) is 1. The van der Waals surface area contributed by atoms with Gasteiger partial charge < -0.3 is 9.64 Å². The Balaban J connectivity index is 1.49. The van der Waals surface area contributed by atoms with Crippen molar-refractivity contribution in [3.05, 3.63) is 80.5 Å². The van der Waals surface area contributed by atoms with Crippen molar-refractivity contribution in [3.8, 4) is 5.75 Å². The van der Waals surface area contributed by atoms with Crippen LogP contribution in [0.1, 0.15) is 43.9 Å². The molecule has 1 aliphatic heterocycles. The molecule has 0 bridgehead atoms. The third kappa shape index (κ3) is 3.69. The van der Waals surface area contributed by atoms with Gasteiger partial charge in [0, 0.05) is 17.8 Å². The predicted molar refractivity (Wildman–Crippen MR) is 116 cm³/mol. The van der Waals surface area contributed by atoms with E-state index in [2.05, 4.69) is 45.0 Å². The molecule has 3 nitrogen and oxygen atoms in total. The van der Waals surface area contributed by atoms with Gasteiger partial charge in [-0.25, -0.2) is 0 Å². The molecule has 3 aromatic rings. The van der Waals surface area contributed by atoms with E-state index in [0.717, 1.165) is 46.8 Å². The molecule has 4 rings (SSSR count). The molecule has 0 saturated carbocycles. The lowest BCUT2D eigenvalue weighted by molar-refractivity contribution is 0.0989. The van der Waals surface area contributed by atoms with Gasteiger partial charge in [0.2, 0.25) is 0 Å². The summed E-state index contributed by atoms with van der Waals surface area (Å²) in [6.45, 7) is 7.51. The van der Waals surface area contributed by atoms with Gasteiger partial charge >= 0.3 is 0 Å². The van der Waals surface area contributed by atoms with Gasteiger partial charge in [-0.3, -0.25) is 4.79 Å². The van der Waals surface area contributed by atoms with Crippen LogP contribution in [0.4, 0.5) is 5.69 Å². The van der Waals surface area contributed by atoms with Crippen molar-refractivity contribution in [2.45, 2.75) is 40.2 Å². The zero-order valence-corrected chi connectivity index (χ0v) is 17.4. The van der Waals surface area contributed by atoms with Crippen LogP contribution < -0.4 is 9.64 Å². The molecule has 2 heterocycles. The van der Waals surface area contributed by atoms with Gasteiger partial charge in [0.1, 0.15) is 12.4 Å². The van der Waals surface area contributed by atoms with Gasteiger partial charge in [0.25, 0.3) is 5.91 Å². The second-order valence-corrected chi connectivity index (χ2v) is 8.41. The number of fused-ring (bicyclic) bond motifs is 1. The van der Waals surface area contributed by atoms with Crippen LogP contribution in [0.15, 0.2) is 47.8 Å². The zero-order valence-electron chi connectivity index (χ0n) is 16.6. The largest absolute Gasteiger partial charge is 0.489 e. The molecule has 144 valence electrons. The molecule has 2 aromatic carbocycles. The van der Waals surface area contributed by atoms with Crippen LogP contribution in [0.2, 0.25) is 0 Å². The van der Waals surface area contributed by atoms with Crippen LogP contribution in [0.5, 0.6) is 5.75 Å². The molecule has 28 heavy (non-hydrogen) atoms. The molecule has 0 atom stereocenters. The van der Waals surface area contributed by atoms with Crippen molar-refractivity contribution in [3.63, 3.8) is 0 Å². The Morgan fingerprint density at radius 3 is 2.86 bits per heavy atom. The summed E-state index contributed by atoms with van der Waals surface area (Å²) in [5, 5.41) is 2.03. The Bertz CT molecular complexity index is 1020. The molecule has 0 aliphatic carbocycles. The zero-order chi connectivity index (χ0) is 19.7. The van der Waals surface area contributed by atoms with Gasteiger partial charge in [-0.15, -0.1) is 11.3 Å². The minimum atomic E-state index is 0.0905. The average molecular weight is 392 g/mol. The summed E-state index contributed by atoms with van der Waals surface area (Å²) in [6, 6.07) is 14.4. The van der Waals surface area contributed by atoms with Crippen LogP contribution in [0, 0.1) is 20.8 Å². The second kappa shape index (κ2) is 7.80. The first-order chi connectivity index (χ1) is 13.5. The molecular formula is C24H25NO2S. The van der Waals surface area contributed by atoms with Crippen molar-refractivity contribution < 1.29 is 9.53 Å². The van der Waals surface area contributed by atoms with Crippen molar-refractivity contribution in [1.29, 1.82) is 0 Å². The maximum atomic E-state index is 13.1. The fourth-order valence-electron chi connectivity index (χ4n) is 3.67. The van der Waals surface area contributed by atoms with E-state index in [1.165, 1.54) is 28.0 Å². The van der Waals surface area contributed by atoms with E-state index < -0.39 is 0 Å². The monoisotopic (exact) mass is 391 g/mol. The lowest BCUT2D eigenvalue weighted by Gasteiger charge is -2.29. The highest BCUT2D eigenvalue weighted by molar-refractivity contribution is 7.12. The first kappa shape index (κ1) is 18.8. The van der Waals surface area contributed by atoms with E-state index in [1.807, 2.05) is 28.5 Å². The molecule has 1 aliphatic rings. The summed E-state index contributed by atoms with van der Waals surface area (Å²) in [4.78, 5) is 15.8. The Hall–Kier alpha value is -2.59. The fraction of sp³-hybridized carbons (Fsp3) is 0.292. The summed E-state index contributed by atoms with van der Waals surface area (Å²) in [7, 11) is 0. The SMILES string of the molecule is Cc1ccc2c(c1)CCCN2C(=O)c1cc(COc2cccc(C)c2C)cs1. The van der Waals surface area contributed by atoms with Crippen LogP contribution in [-0.4, -0.2) is 12.5 Å². The Kier molecular flexibility index (Phi) is 5.23. The number of hydrogen-bond donors (Lipinski definition) is 0. The van der Waals surface area contributed by atoms with Crippen molar-refractivity contribution in [2.24, 2.45) is 0 Å². The number of anilines is 1. The summed E-state index contributed by atoms with van der Waals surface area (Å²) in [6.07, 6.45) is 2.05. The lowest BCUT2D eigenvalue weighted by atomic mass is 9.99. The van der Waals surface area contributed by atoms with Crippen LogP contribution >= 0.6 is 11.3 Å². The number of thiophene rings is 1. The molecule has 0 fully saturated rings. The van der Waals surface area contributed by atoms with Crippen LogP contribution in [0.25, 0.3) is 0 Å². The maximum absolute atomic E-state index is 13.1. The normalized spacial score (nSPS) is 13.3. The molecule has 0 unspecified atom stereocenters. The highest BCUT2D eigenvalue weighted by Crippen LogP contribution is 2.31. The highest BCUT2D eigenvalue weighted by atomic mass is 32.1. The van der Waals surface area contributed by atoms with E-state index in [-0.39, 0.29) is 5.91 Å². The number of carbonyl (C=O) groups excluding carboxylic acids is 1. The minimum absolute atomic E-state index is 0.0905. The predicted octanol–water partition coefficient (Wildman–Crippen LogP) is 5.85. The number of aryl methyl sites for hydroxylation is 3. The van der Waals surface area contributed by atoms with Crippen LogP contribution in [0.3, 0.4) is 0 Å². The number of rotatable bonds is 4. The number of ether oxygens (including phenoxy) is 1. The molecule has 0 radical (unpaired) electrons. The number of hydrogen-bond acceptors (Lipinski definition) is 3. The highest BCUT2D eigenvalue weighted by Gasteiger charge is 2.24. The van der Waals surface area contributed by atoms with Gasteiger partial charge in [-0.1, -0.05) is 29.8 Å². The van der Waals surface area contributed by atoms with E-state index >= 15 is 0 Å². The van der Waals surface area contributed by atoms with Crippen LogP contribution in [-0.2, 0) is 13.0 Å². The standard InChI is InChI=1S/C24H25NO2S/c1-16-9-10-21-20(12-16)7-5-11-25(21)24(26)23-13-19(15-28-23)14-27-22-8-4-6-17(2)18(22)3/h4,6,8-10,12-13,15H,5,7,11,14H2,1-3H3. The quantitative estimate of drug-likeness (QED) is 0.559. The number of benzene rings is 2. The summed E-state index contributed by atoms with van der Waals surface area (Å²) in [5.41, 5.74) is 7.00. The Labute approximate surface area is 170 Å². The number of carbonyl (C=O) groups is 1. The van der Waals surface area contributed by atoms with Crippen molar-refractivity contribution in [2.75, 3.05) is 11.4 Å². The maximum Gasteiger partial charge on any atom is 0.268 e. The summed E-state index contributed by atoms with van der Waals surface area (Å²) in [5.74, 6) is 0.993. The first-order valence-electron chi connectivity index (χ1n) is 9.71. The number of amides is 1. The van der Waals surface area contributed by atoms with Gasteiger partial charge in [-0.05, 0) is 73.9 Å². The van der Waals surface area contributed by atoms with E-state index in [1.54, 1.807) is 0 Å². The third-order valence-corrected chi connectivity index (χ3v) is 6.38. The summed E-state index contributed by atoms with van der Waals surface area (Å²) < 4.78 is 5.99. The molecular weight excluding hydrogens is 366 g/mol. The van der Waals surface area contributed by atoms with E-state index in [0.29, 0.717) is 6.61 Å². The molecule has 0 spiro atoms. The molecule has 0 N–H and O–H groups in total. The van der Waals surface area contributed by atoms with Gasteiger partial charge in [0.05, 0.1) is 4.88 Å². The van der Waals surface area contributed by atoms with Crippen molar-refractivity contribution in [1.82, 2.24) is 0 Å². The molecule has 0 saturated heterocycles. The Morgan fingerprint density at radius 1 is 1.14 bits per heavy atom. The summed E-state index contributed by atoms with van der Waals surface area (Å²) >= 11 is 1.50. The molecule has 1 aromatic heterocycles. The average Bonchev–Trinajstić information content (AvgIpc) is 3.17. The van der Waals surface area contributed by atoms with Crippen molar-refractivity contribution >= 4 is 22.9 Å². The first-order valence-corrected chi connectivity index (χ1v) is 10.6. The molecule has 4 heteroatoms. The smallest absolute Gasteiger partial charge is 0.268 e. The van der Waals surface area contributed by atoms with Gasteiger partial charge in [0.15, 0.2) is 0 Å². The topological polar surface area (TPSA) is 29.5 Å². The van der Waals surface area contributed by atoms with E-state index in [4.69, 9.17) is 4.74 Å². The molecule has 1 amide bonds. The fourth-order valence-corrected chi connectivity index (χ4v) is 4.52. The third-order valence-electron chi connectivity index (χ3n) is 5.41. The van der Waals surface area contributed by atoms with Gasteiger partial charge in [-0.2, -0.15) is 0 Å². The second-order valence-electron chi connectivity index (χ2n) is 7.50.